The summed E-state index contributed by atoms with van der Waals surface area (Å²) in [6, 6.07) is 3.60. The van der Waals surface area contributed by atoms with Gasteiger partial charge < -0.3 is 5.11 Å². The summed E-state index contributed by atoms with van der Waals surface area (Å²) in [5.41, 5.74) is -0.843. The Morgan fingerprint density at radius 3 is 2.20 bits per heavy atom. The van der Waals surface area contributed by atoms with Gasteiger partial charge in [-0.1, -0.05) is 6.07 Å². The summed E-state index contributed by atoms with van der Waals surface area (Å²) in [5.74, 6) is -0.836. The molecule has 0 fully saturated rings. The fourth-order valence-electron chi connectivity index (χ4n) is 1.18. The molecule has 1 aromatic rings. The van der Waals surface area contributed by atoms with Crippen molar-refractivity contribution in [3.05, 3.63) is 29.6 Å². The van der Waals surface area contributed by atoms with Gasteiger partial charge in [0.25, 0.3) is 0 Å². The fraction of sp³-hybridized carbons (Fsp3) is 0.400. The Labute approximate surface area is 88.5 Å². The Morgan fingerprint density at radius 2 is 1.87 bits per heavy atom. The molecule has 0 saturated carbocycles. The van der Waals surface area contributed by atoms with Crippen molar-refractivity contribution >= 4 is 9.84 Å². The summed E-state index contributed by atoms with van der Waals surface area (Å²) in [6.07, 6.45) is 0.940. The highest BCUT2D eigenvalue weighted by atomic mass is 32.2. The molecule has 0 unspecified atom stereocenters. The average molecular weight is 232 g/mol. The number of hydrogen-bond donors (Lipinski definition) is 1. The van der Waals surface area contributed by atoms with Crippen LogP contribution in [0.4, 0.5) is 4.39 Å². The van der Waals surface area contributed by atoms with Crippen LogP contribution in [0.1, 0.15) is 19.4 Å². The SMILES string of the molecule is CC(C)(O)c1ccc(S(C)(=O)=O)c(F)c1. The van der Waals surface area contributed by atoms with Gasteiger partial charge in [-0.05, 0) is 31.5 Å². The molecule has 0 aliphatic heterocycles. The lowest BCUT2D eigenvalue weighted by Gasteiger charge is -2.18. The maximum Gasteiger partial charge on any atom is 0.178 e. The van der Waals surface area contributed by atoms with Gasteiger partial charge in [-0.3, -0.25) is 0 Å². The van der Waals surface area contributed by atoms with Crippen LogP contribution in [-0.4, -0.2) is 19.8 Å². The third-order valence-corrected chi connectivity index (χ3v) is 3.17. The molecule has 0 bridgehead atoms. The summed E-state index contributed by atoms with van der Waals surface area (Å²) in [5, 5.41) is 9.59. The van der Waals surface area contributed by atoms with Crippen LogP contribution < -0.4 is 0 Å². The molecule has 0 atom stereocenters. The number of halogens is 1. The zero-order chi connectivity index (χ0) is 11.9. The maximum absolute atomic E-state index is 13.4. The number of rotatable bonds is 2. The fourth-order valence-corrected chi connectivity index (χ4v) is 1.91. The van der Waals surface area contributed by atoms with E-state index in [-0.39, 0.29) is 4.90 Å². The predicted molar refractivity (Wildman–Crippen MR) is 54.8 cm³/mol. The second-order valence-electron chi connectivity index (χ2n) is 3.98. The summed E-state index contributed by atoms with van der Waals surface area (Å²) in [6.45, 7) is 3.00. The molecule has 0 aliphatic carbocycles. The van der Waals surface area contributed by atoms with Gasteiger partial charge in [-0.2, -0.15) is 0 Å². The normalized spacial score (nSPS) is 12.9. The quantitative estimate of drug-likeness (QED) is 0.839. The topological polar surface area (TPSA) is 54.4 Å². The van der Waals surface area contributed by atoms with Crippen LogP contribution in [0.25, 0.3) is 0 Å². The van der Waals surface area contributed by atoms with Crippen molar-refractivity contribution in [3.63, 3.8) is 0 Å². The molecule has 0 aliphatic rings. The molecule has 3 nitrogen and oxygen atoms in total. The number of sulfone groups is 1. The summed E-state index contributed by atoms with van der Waals surface area (Å²) in [7, 11) is -3.55. The van der Waals surface area contributed by atoms with E-state index in [0.717, 1.165) is 18.4 Å². The van der Waals surface area contributed by atoms with Gasteiger partial charge >= 0.3 is 0 Å². The molecule has 0 heterocycles. The van der Waals surface area contributed by atoms with E-state index in [4.69, 9.17) is 0 Å². The summed E-state index contributed by atoms with van der Waals surface area (Å²) in [4.78, 5) is -0.351. The minimum Gasteiger partial charge on any atom is -0.386 e. The lowest BCUT2D eigenvalue weighted by Crippen LogP contribution is -2.16. The molecule has 84 valence electrons. The highest BCUT2D eigenvalue weighted by Crippen LogP contribution is 2.23. The Kier molecular flexibility index (Phi) is 2.89. The molecule has 1 aromatic carbocycles. The van der Waals surface area contributed by atoms with Crippen LogP contribution in [0, 0.1) is 5.82 Å². The Morgan fingerprint density at radius 1 is 1.33 bits per heavy atom. The van der Waals surface area contributed by atoms with Crippen molar-refractivity contribution in [3.8, 4) is 0 Å². The zero-order valence-electron chi connectivity index (χ0n) is 8.78. The standard InChI is InChI=1S/C10H13FO3S/c1-10(2,12)7-4-5-9(8(11)6-7)15(3,13)14/h4-6,12H,1-3H3. The van der Waals surface area contributed by atoms with Crippen molar-refractivity contribution < 1.29 is 17.9 Å². The van der Waals surface area contributed by atoms with Crippen molar-refractivity contribution in [1.82, 2.24) is 0 Å². The second-order valence-corrected chi connectivity index (χ2v) is 5.96. The molecule has 1 rings (SSSR count). The largest absolute Gasteiger partial charge is 0.386 e. The van der Waals surface area contributed by atoms with Crippen LogP contribution in [0.15, 0.2) is 23.1 Å². The first-order valence-corrected chi connectivity index (χ1v) is 6.24. The molecular weight excluding hydrogens is 219 g/mol. The monoisotopic (exact) mass is 232 g/mol. The van der Waals surface area contributed by atoms with E-state index in [0.29, 0.717) is 5.56 Å². The van der Waals surface area contributed by atoms with Crippen molar-refractivity contribution in [2.24, 2.45) is 0 Å². The lowest BCUT2D eigenvalue weighted by atomic mass is 9.99. The van der Waals surface area contributed by atoms with Crippen molar-refractivity contribution in [2.75, 3.05) is 6.26 Å². The van der Waals surface area contributed by atoms with Crippen molar-refractivity contribution in [1.29, 1.82) is 0 Å². The minimum absolute atomic E-state index is 0.340. The van der Waals surface area contributed by atoms with E-state index in [2.05, 4.69) is 0 Å². The van der Waals surface area contributed by atoms with Crippen LogP contribution in [0.3, 0.4) is 0 Å². The molecule has 1 N–H and O–H groups in total. The zero-order valence-corrected chi connectivity index (χ0v) is 9.60. The Hall–Kier alpha value is -0.940. The first-order chi connectivity index (χ1) is 6.62. The summed E-state index contributed by atoms with van der Waals surface area (Å²) < 4.78 is 35.6. The van der Waals surface area contributed by atoms with E-state index < -0.39 is 21.3 Å². The smallest absolute Gasteiger partial charge is 0.178 e. The van der Waals surface area contributed by atoms with Crippen LogP contribution in [-0.2, 0) is 15.4 Å². The average Bonchev–Trinajstić information content (AvgIpc) is 1.99. The third-order valence-electron chi connectivity index (χ3n) is 2.04. The van der Waals surface area contributed by atoms with Gasteiger partial charge in [-0.25, -0.2) is 12.8 Å². The highest BCUT2D eigenvalue weighted by Gasteiger charge is 2.20. The Balaban J connectivity index is 3.34. The molecule has 0 spiro atoms. The van der Waals surface area contributed by atoms with Gasteiger partial charge in [0, 0.05) is 6.26 Å². The van der Waals surface area contributed by atoms with Gasteiger partial charge in [0.1, 0.15) is 10.7 Å². The molecule has 0 radical (unpaired) electrons. The molecule has 5 heteroatoms. The lowest BCUT2D eigenvalue weighted by molar-refractivity contribution is 0.0781. The maximum atomic E-state index is 13.4. The molecule has 15 heavy (non-hydrogen) atoms. The highest BCUT2D eigenvalue weighted by molar-refractivity contribution is 7.90. The van der Waals surface area contributed by atoms with E-state index in [9.17, 15) is 17.9 Å². The van der Waals surface area contributed by atoms with Gasteiger partial charge in [0.2, 0.25) is 0 Å². The Bertz CT molecular complexity index is 472. The molecule has 0 amide bonds. The number of aliphatic hydroxyl groups is 1. The van der Waals surface area contributed by atoms with Gasteiger partial charge in [-0.15, -0.1) is 0 Å². The van der Waals surface area contributed by atoms with Crippen LogP contribution in [0.5, 0.6) is 0 Å². The van der Waals surface area contributed by atoms with Crippen LogP contribution >= 0.6 is 0 Å². The molecule has 0 saturated heterocycles. The minimum atomic E-state index is -3.55. The van der Waals surface area contributed by atoms with Gasteiger partial charge in [0.15, 0.2) is 9.84 Å². The van der Waals surface area contributed by atoms with E-state index >= 15 is 0 Å². The third kappa shape index (κ3) is 2.76. The first kappa shape index (κ1) is 12.1. The van der Waals surface area contributed by atoms with Gasteiger partial charge in [0.05, 0.1) is 5.60 Å². The van der Waals surface area contributed by atoms with Crippen LogP contribution in [0.2, 0.25) is 0 Å². The number of benzene rings is 1. The van der Waals surface area contributed by atoms with E-state index in [1.165, 1.54) is 19.9 Å². The summed E-state index contributed by atoms with van der Waals surface area (Å²) >= 11 is 0. The number of hydrogen-bond acceptors (Lipinski definition) is 3. The predicted octanol–water partition coefficient (Wildman–Crippen LogP) is 1.46. The first-order valence-electron chi connectivity index (χ1n) is 4.35. The molecular formula is C10H13FO3S. The van der Waals surface area contributed by atoms with E-state index in [1.54, 1.807) is 0 Å². The van der Waals surface area contributed by atoms with E-state index in [1.807, 2.05) is 0 Å². The van der Waals surface area contributed by atoms with Crippen molar-refractivity contribution in [2.45, 2.75) is 24.3 Å². The molecule has 0 aromatic heterocycles. The second kappa shape index (κ2) is 3.57.